The van der Waals surface area contributed by atoms with Gasteiger partial charge in [0.2, 0.25) is 0 Å². The van der Waals surface area contributed by atoms with Crippen molar-refractivity contribution >= 4 is 5.96 Å². The quantitative estimate of drug-likeness (QED) is 0.142. The summed E-state index contributed by atoms with van der Waals surface area (Å²) >= 11 is 0. The van der Waals surface area contributed by atoms with Gasteiger partial charge in [-0.1, -0.05) is 0 Å². The highest BCUT2D eigenvalue weighted by Gasteiger charge is 1.67. The molecular formula is CH3N5. The Labute approximate surface area is 33.9 Å². The lowest BCUT2D eigenvalue weighted by Crippen LogP contribution is -2.02. The molecule has 0 unspecified atom stereocenters. The van der Waals surface area contributed by atoms with Gasteiger partial charge in [0, 0.05) is 4.91 Å². The van der Waals surface area contributed by atoms with Crippen molar-refractivity contribution in [3.63, 3.8) is 0 Å². The van der Waals surface area contributed by atoms with Gasteiger partial charge in [-0.25, -0.2) is 0 Å². The molecule has 0 amide bonds. The van der Waals surface area contributed by atoms with Gasteiger partial charge in [0.15, 0.2) is 5.96 Å². The molecule has 0 aromatic heterocycles. The van der Waals surface area contributed by atoms with Crippen LogP contribution in [0.15, 0.2) is 5.11 Å². The zero-order chi connectivity index (χ0) is 4.99. The van der Waals surface area contributed by atoms with Gasteiger partial charge in [-0.3, -0.25) is 5.41 Å². The van der Waals surface area contributed by atoms with Crippen molar-refractivity contribution in [2.75, 3.05) is 0 Å². The summed E-state index contributed by atoms with van der Waals surface area (Å²) in [4.78, 5) is 2.21. The van der Waals surface area contributed by atoms with Crippen LogP contribution in [-0.4, -0.2) is 5.96 Å². The number of hydrogen-bond acceptors (Lipinski definition) is 1. The van der Waals surface area contributed by atoms with Gasteiger partial charge in [0.05, 0.1) is 0 Å². The van der Waals surface area contributed by atoms with E-state index < -0.39 is 5.96 Å². The third-order valence-corrected chi connectivity index (χ3v) is 0.152. The van der Waals surface area contributed by atoms with Crippen LogP contribution in [0.2, 0.25) is 0 Å². The zero-order valence-electron chi connectivity index (χ0n) is 2.92. The predicted molar refractivity (Wildman–Crippen MR) is 21.1 cm³/mol. The summed E-state index contributed by atoms with van der Waals surface area (Å²) in [6, 6.07) is 0. The number of rotatable bonds is 0. The first-order chi connectivity index (χ1) is 2.77. The lowest BCUT2D eigenvalue weighted by molar-refractivity contribution is 1.36. The first kappa shape index (κ1) is 4.78. The molecule has 0 radical (unpaired) electrons. The summed E-state index contributed by atoms with van der Waals surface area (Å²) in [7, 11) is 0. The summed E-state index contributed by atoms with van der Waals surface area (Å²) in [5.41, 5.74) is 12.0. The third-order valence-electron chi connectivity index (χ3n) is 0.152. The molecule has 0 aliphatic carbocycles. The first-order valence-corrected chi connectivity index (χ1v) is 1.16. The Hall–Kier alpha value is -1.22. The number of nitrogens with two attached hydrogens (primary N) is 1. The molecular weight excluding hydrogens is 82.0 g/mol. The molecule has 0 atom stereocenters. The maximum atomic E-state index is 7.47. The Morgan fingerprint density at radius 2 is 2.50 bits per heavy atom. The lowest BCUT2D eigenvalue weighted by Gasteiger charge is -1.69. The molecule has 0 aromatic carbocycles. The van der Waals surface area contributed by atoms with Gasteiger partial charge < -0.3 is 5.73 Å². The van der Waals surface area contributed by atoms with Crippen LogP contribution in [0.3, 0.4) is 0 Å². The van der Waals surface area contributed by atoms with E-state index in [9.17, 15) is 0 Å². The SMILES string of the molecule is [N-]=[N+]=NC(=N)N. The fourth-order valence-electron chi connectivity index (χ4n) is 0.0482. The highest BCUT2D eigenvalue weighted by Crippen LogP contribution is 1.59. The minimum absolute atomic E-state index is 0.502. The van der Waals surface area contributed by atoms with Crippen molar-refractivity contribution < 1.29 is 0 Å². The molecule has 0 bridgehead atoms. The zero-order valence-corrected chi connectivity index (χ0v) is 2.92. The van der Waals surface area contributed by atoms with E-state index in [1.165, 1.54) is 0 Å². The molecule has 0 aliphatic heterocycles. The van der Waals surface area contributed by atoms with Crippen LogP contribution in [0, 0.1) is 5.41 Å². The molecule has 3 N–H and O–H groups in total. The van der Waals surface area contributed by atoms with Crippen molar-refractivity contribution in [3.8, 4) is 0 Å². The average molecular weight is 85.1 g/mol. The average Bonchev–Trinajstić information content (AvgIpc) is 1.35. The molecule has 0 aromatic rings. The van der Waals surface area contributed by atoms with Gasteiger partial charge in [0.1, 0.15) is 0 Å². The first-order valence-electron chi connectivity index (χ1n) is 1.16. The highest BCUT2D eigenvalue weighted by molar-refractivity contribution is 5.74. The second-order valence-electron chi connectivity index (χ2n) is 0.575. The lowest BCUT2D eigenvalue weighted by atomic mass is 11.1. The van der Waals surface area contributed by atoms with E-state index >= 15 is 0 Å². The van der Waals surface area contributed by atoms with Gasteiger partial charge in [-0.2, -0.15) is 0 Å². The standard InChI is InChI=1S/CH3N5/c2-1(3)5-6-4/h(H3,2,3). The molecule has 6 heavy (non-hydrogen) atoms. The second kappa shape index (κ2) is 2.04. The van der Waals surface area contributed by atoms with Crippen molar-refractivity contribution in [2.45, 2.75) is 0 Å². The Morgan fingerprint density at radius 3 is 2.50 bits per heavy atom. The van der Waals surface area contributed by atoms with E-state index in [1.54, 1.807) is 0 Å². The molecule has 0 rings (SSSR count). The maximum Gasteiger partial charge on any atom is 0.179 e. The van der Waals surface area contributed by atoms with Crippen LogP contribution in [-0.2, 0) is 0 Å². The van der Waals surface area contributed by atoms with Crippen LogP contribution < -0.4 is 5.73 Å². The molecule has 32 valence electrons. The molecule has 0 aliphatic rings. The third kappa shape index (κ3) is 2.78. The molecule has 0 heterocycles. The van der Waals surface area contributed by atoms with Crippen LogP contribution in [0.5, 0.6) is 0 Å². The van der Waals surface area contributed by atoms with Crippen molar-refractivity contribution in [2.24, 2.45) is 10.8 Å². The van der Waals surface area contributed by atoms with E-state index in [0.29, 0.717) is 0 Å². The van der Waals surface area contributed by atoms with Crippen LogP contribution in [0.4, 0.5) is 0 Å². The second-order valence-corrected chi connectivity index (χ2v) is 0.575. The van der Waals surface area contributed by atoms with E-state index in [0.717, 1.165) is 0 Å². The molecule has 0 saturated carbocycles. The smallest absolute Gasteiger partial charge is 0.179 e. The monoisotopic (exact) mass is 85.0 g/mol. The normalized spacial score (nSPS) is 6.00. The van der Waals surface area contributed by atoms with Crippen LogP contribution in [0.25, 0.3) is 10.4 Å². The van der Waals surface area contributed by atoms with Crippen molar-refractivity contribution in [1.29, 1.82) is 5.41 Å². The summed E-state index contributed by atoms with van der Waals surface area (Å²) < 4.78 is 0. The fraction of sp³-hybridized carbons (Fsp3) is 0. The molecule has 5 heteroatoms. The summed E-state index contributed by atoms with van der Waals surface area (Å²) in [5, 5.41) is 8.92. The Morgan fingerprint density at radius 1 is 2.00 bits per heavy atom. The van der Waals surface area contributed by atoms with Crippen molar-refractivity contribution in [1.82, 2.24) is 0 Å². The fourth-order valence-corrected chi connectivity index (χ4v) is 0.0482. The van der Waals surface area contributed by atoms with E-state index in [1.807, 2.05) is 0 Å². The van der Waals surface area contributed by atoms with Gasteiger partial charge in [0.25, 0.3) is 0 Å². The summed E-state index contributed by atoms with van der Waals surface area (Å²) in [6.45, 7) is 0. The minimum Gasteiger partial charge on any atom is -0.382 e. The highest BCUT2D eigenvalue weighted by atomic mass is 15.2. The summed E-state index contributed by atoms with van der Waals surface area (Å²) in [5.74, 6) is -0.502. The Balaban J connectivity index is 3.60. The number of guanidine groups is 1. The number of nitrogens with one attached hydrogen (secondary N) is 1. The Bertz CT molecular complexity index is 96.5. The molecule has 5 nitrogen and oxygen atoms in total. The van der Waals surface area contributed by atoms with Gasteiger partial charge >= 0.3 is 0 Å². The van der Waals surface area contributed by atoms with Gasteiger partial charge in [-0.05, 0) is 10.6 Å². The van der Waals surface area contributed by atoms with E-state index in [4.69, 9.17) is 10.9 Å². The number of nitrogens with zero attached hydrogens (tertiary/aromatic N) is 3. The van der Waals surface area contributed by atoms with Crippen molar-refractivity contribution in [3.05, 3.63) is 10.4 Å². The Kier molecular flexibility index (Phi) is 1.63. The number of azide groups is 1. The van der Waals surface area contributed by atoms with E-state index in [-0.39, 0.29) is 0 Å². The maximum absolute atomic E-state index is 7.47. The molecule has 0 spiro atoms. The minimum atomic E-state index is -0.502. The molecule has 0 fully saturated rings. The topological polar surface area (TPSA) is 98.6 Å². The van der Waals surface area contributed by atoms with E-state index in [2.05, 4.69) is 15.8 Å². The van der Waals surface area contributed by atoms with Crippen LogP contribution in [0.1, 0.15) is 0 Å². The summed E-state index contributed by atoms with van der Waals surface area (Å²) in [6.07, 6.45) is 0. The largest absolute Gasteiger partial charge is 0.382 e. The number of hydrogen-bond donors (Lipinski definition) is 2. The van der Waals surface area contributed by atoms with Crippen LogP contribution >= 0.6 is 0 Å². The van der Waals surface area contributed by atoms with Gasteiger partial charge in [-0.15, -0.1) is 0 Å². The molecule has 0 saturated heterocycles. The predicted octanol–water partition coefficient (Wildman–Crippen LogP) is 0.190.